The Kier molecular flexibility index (Phi) is 6.89. The number of carbonyl (C=O) groups is 1. The summed E-state index contributed by atoms with van der Waals surface area (Å²) in [6.45, 7) is 8.36. The van der Waals surface area contributed by atoms with Gasteiger partial charge in [0.1, 0.15) is 18.3 Å². The fourth-order valence-corrected chi connectivity index (χ4v) is 5.53. The number of aromatic nitrogens is 5. The molecule has 10 nitrogen and oxygen atoms in total. The van der Waals surface area contributed by atoms with Gasteiger partial charge in [-0.25, -0.2) is 14.8 Å². The van der Waals surface area contributed by atoms with Crippen LogP contribution in [0.25, 0.3) is 38.8 Å². The largest absolute Gasteiger partial charge is 0.497 e. The third-order valence-electron chi connectivity index (χ3n) is 6.79. The Morgan fingerprint density at radius 3 is 2.66 bits per heavy atom. The lowest BCUT2D eigenvalue weighted by molar-refractivity contribution is 0.0909. The lowest BCUT2D eigenvalue weighted by Crippen LogP contribution is -2.23. The predicted octanol–water partition coefficient (Wildman–Crippen LogP) is 4.97. The molecule has 4 heterocycles. The van der Waals surface area contributed by atoms with Crippen LogP contribution in [0.2, 0.25) is 25.7 Å². The molecular formula is C27H34N6O4Si. The molecule has 0 atom stereocenters. The highest BCUT2D eigenvalue weighted by Gasteiger charge is 2.20. The maximum absolute atomic E-state index is 11.0. The van der Waals surface area contributed by atoms with Crippen molar-refractivity contribution >= 4 is 41.8 Å². The SMILES string of the molecule is COc1ccc2c(c1)c(-c1cc3c(ncc4cnc(CCNC(=O)O)n43)n1COCC[Si](C)(C)C)cn2C. The smallest absolute Gasteiger partial charge is 0.404 e. The van der Waals surface area contributed by atoms with Crippen LogP contribution < -0.4 is 10.1 Å². The van der Waals surface area contributed by atoms with Crippen LogP contribution in [-0.2, 0) is 24.9 Å². The minimum Gasteiger partial charge on any atom is -0.497 e. The van der Waals surface area contributed by atoms with Crippen molar-refractivity contribution in [3.63, 3.8) is 0 Å². The van der Waals surface area contributed by atoms with E-state index in [1.165, 1.54) is 0 Å². The predicted molar refractivity (Wildman–Crippen MR) is 151 cm³/mol. The molecule has 38 heavy (non-hydrogen) atoms. The van der Waals surface area contributed by atoms with Crippen LogP contribution in [0.15, 0.2) is 42.9 Å². The normalized spacial score (nSPS) is 12.1. The van der Waals surface area contributed by atoms with E-state index >= 15 is 0 Å². The van der Waals surface area contributed by atoms with Gasteiger partial charge < -0.3 is 24.5 Å². The first-order valence-corrected chi connectivity index (χ1v) is 16.4. The van der Waals surface area contributed by atoms with Gasteiger partial charge in [-0.15, -0.1) is 0 Å². The van der Waals surface area contributed by atoms with E-state index in [4.69, 9.17) is 19.6 Å². The summed E-state index contributed by atoms with van der Waals surface area (Å²) in [4.78, 5) is 20.4. The van der Waals surface area contributed by atoms with Gasteiger partial charge in [-0.2, -0.15) is 0 Å². The third-order valence-corrected chi connectivity index (χ3v) is 8.49. The minimum absolute atomic E-state index is 0.273. The van der Waals surface area contributed by atoms with Crippen LogP contribution in [0.4, 0.5) is 4.79 Å². The van der Waals surface area contributed by atoms with E-state index < -0.39 is 14.2 Å². The molecule has 4 aromatic heterocycles. The topological polar surface area (TPSA) is 108 Å². The van der Waals surface area contributed by atoms with Crippen LogP contribution in [0, 0.1) is 0 Å². The van der Waals surface area contributed by atoms with Gasteiger partial charge in [-0.3, -0.25) is 8.97 Å². The second kappa shape index (κ2) is 10.1. The van der Waals surface area contributed by atoms with Crippen molar-refractivity contribution in [2.75, 3.05) is 20.3 Å². The minimum atomic E-state index is -1.24. The molecule has 0 fully saturated rings. The number of imidazole rings is 1. The van der Waals surface area contributed by atoms with Crippen molar-refractivity contribution < 1.29 is 19.4 Å². The number of amides is 1. The van der Waals surface area contributed by atoms with E-state index in [1.807, 2.05) is 13.1 Å². The van der Waals surface area contributed by atoms with Gasteiger partial charge in [0.05, 0.1) is 36.2 Å². The first-order chi connectivity index (χ1) is 18.2. The van der Waals surface area contributed by atoms with Crippen molar-refractivity contribution in [2.45, 2.75) is 38.8 Å². The zero-order valence-electron chi connectivity index (χ0n) is 22.5. The van der Waals surface area contributed by atoms with E-state index in [0.29, 0.717) is 19.8 Å². The van der Waals surface area contributed by atoms with Gasteiger partial charge in [-0.1, -0.05) is 19.6 Å². The number of methoxy groups -OCH3 is 1. The second-order valence-corrected chi connectivity index (χ2v) is 16.3. The molecule has 0 saturated carbocycles. The maximum Gasteiger partial charge on any atom is 0.404 e. The molecule has 0 aliphatic carbocycles. The number of nitrogens with zero attached hydrogens (tertiary/aromatic N) is 5. The Morgan fingerprint density at radius 2 is 1.92 bits per heavy atom. The quantitative estimate of drug-likeness (QED) is 0.193. The van der Waals surface area contributed by atoms with E-state index in [2.05, 4.69) is 67.9 Å². The molecule has 0 unspecified atom stereocenters. The Bertz CT molecular complexity index is 1630. The second-order valence-electron chi connectivity index (χ2n) is 10.7. The number of fused-ring (bicyclic) bond motifs is 4. The molecule has 5 rings (SSSR count). The molecule has 2 N–H and O–H groups in total. The summed E-state index contributed by atoms with van der Waals surface area (Å²) >= 11 is 0. The summed E-state index contributed by atoms with van der Waals surface area (Å²) in [5.74, 6) is 1.56. The fourth-order valence-electron chi connectivity index (χ4n) is 4.77. The molecule has 0 bridgehead atoms. The van der Waals surface area contributed by atoms with E-state index in [0.717, 1.165) is 56.5 Å². The van der Waals surface area contributed by atoms with Crippen molar-refractivity contribution in [3.8, 4) is 17.0 Å². The first kappa shape index (κ1) is 25.8. The summed E-state index contributed by atoms with van der Waals surface area (Å²) in [6.07, 6.45) is 5.11. The van der Waals surface area contributed by atoms with Crippen LogP contribution >= 0.6 is 0 Å². The molecule has 0 spiro atoms. The number of carboxylic acid groups (broad SMARTS) is 1. The molecule has 5 aromatic rings. The highest BCUT2D eigenvalue weighted by molar-refractivity contribution is 6.76. The van der Waals surface area contributed by atoms with Gasteiger partial charge >= 0.3 is 6.09 Å². The average Bonchev–Trinajstić information content (AvgIpc) is 3.54. The van der Waals surface area contributed by atoms with E-state index in [9.17, 15) is 4.79 Å². The first-order valence-electron chi connectivity index (χ1n) is 12.7. The Hall–Kier alpha value is -3.83. The lowest BCUT2D eigenvalue weighted by atomic mass is 10.1. The number of hydrogen-bond acceptors (Lipinski definition) is 5. The lowest BCUT2D eigenvalue weighted by Gasteiger charge is -2.16. The van der Waals surface area contributed by atoms with Gasteiger partial charge in [0.15, 0.2) is 5.65 Å². The summed E-state index contributed by atoms with van der Waals surface area (Å²) in [5, 5.41) is 12.5. The number of rotatable bonds is 10. The Morgan fingerprint density at radius 1 is 1.13 bits per heavy atom. The Balaban J connectivity index is 1.66. The number of aryl methyl sites for hydroxylation is 1. The summed E-state index contributed by atoms with van der Waals surface area (Å²) in [7, 11) is 2.47. The molecule has 0 aliphatic heterocycles. The van der Waals surface area contributed by atoms with Crippen molar-refractivity contribution in [1.82, 2.24) is 28.8 Å². The van der Waals surface area contributed by atoms with E-state index in [1.54, 1.807) is 19.5 Å². The molecule has 0 radical (unpaired) electrons. The van der Waals surface area contributed by atoms with Crippen molar-refractivity contribution in [1.29, 1.82) is 0 Å². The van der Waals surface area contributed by atoms with Crippen LogP contribution in [0.1, 0.15) is 5.82 Å². The molecular weight excluding hydrogens is 500 g/mol. The summed E-state index contributed by atoms with van der Waals surface area (Å²) in [6, 6.07) is 9.29. The summed E-state index contributed by atoms with van der Waals surface area (Å²) < 4.78 is 18.0. The molecule has 1 amide bonds. The van der Waals surface area contributed by atoms with Crippen molar-refractivity contribution in [3.05, 3.63) is 48.7 Å². The fraction of sp³-hybridized carbons (Fsp3) is 0.370. The van der Waals surface area contributed by atoms with Gasteiger partial charge in [0, 0.05) is 57.4 Å². The molecule has 0 saturated heterocycles. The zero-order chi connectivity index (χ0) is 27.0. The van der Waals surface area contributed by atoms with Gasteiger partial charge in [-0.05, 0) is 30.3 Å². The molecule has 0 aliphatic rings. The van der Waals surface area contributed by atoms with Gasteiger partial charge in [0.25, 0.3) is 0 Å². The van der Waals surface area contributed by atoms with Crippen LogP contribution in [-0.4, -0.2) is 63.0 Å². The number of benzene rings is 1. The van der Waals surface area contributed by atoms with E-state index in [-0.39, 0.29) is 6.54 Å². The van der Waals surface area contributed by atoms with Crippen molar-refractivity contribution in [2.24, 2.45) is 7.05 Å². The highest BCUT2D eigenvalue weighted by atomic mass is 28.3. The average molecular weight is 535 g/mol. The summed E-state index contributed by atoms with van der Waals surface area (Å²) in [5.41, 5.74) is 5.66. The Labute approximate surface area is 221 Å². The standard InChI is InChI=1S/C27H34N6O4Si/c1-31-16-21(20-12-19(36-2)6-7-22(20)31)23-13-24-26(32(23)17-37-10-11-38(3,4)5)30-15-18-14-29-25(33(18)24)8-9-28-27(34)35/h6-7,12-16,28H,8-11,17H2,1-5H3,(H,34,35). The maximum atomic E-state index is 11.0. The molecule has 11 heteroatoms. The highest BCUT2D eigenvalue weighted by Crippen LogP contribution is 2.36. The number of hydrogen-bond donors (Lipinski definition) is 2. The molecule has 1 aromatic carbocycles. The third kappa shape index (κ3) is 4.99. The van der Waals surface area contributed by atoms with Crippen LogP contribution in [0.3, 0.4) is 0 Å². The van der Waals surface area contributed by atoms with Crippen LogP contribution in [0.5, 0.6) is 5.75 Å². The van der Waals surface area contributed by atoms with Gasteiger partial charge in [0.2, 0.25) is 0 Å². The number of ether oxygens (including phenoxy) is 2. The molecule has 200 valence electrons. The number of nitrogens with one attached hydrogen (secondary N) is 1. The monoisotopic (exact) mass is 534 g/mol. The zero-order valence-corrected chi connectivity index (χ0v) is 23.5.